The fourth-order valence-corrected chi connectivity index (χ4v) is 3.89. The first kappa shape index (κ1) is 18.6. The fourth-order valence-electron chi connectivity index (χ4n) is 3.89. The number of aromatic nitrogens is 1. The molecule has 1 aliphatic rings. The van der Waals surface area contributed by atoms with E-state index < -0.39 is 0 Å². The van der Waals surface area contributed by atoms with E-state index in [4.69, 9.17) is 4.99 Å². The van der Waals surface area contributed by atoms with E-state index in [1.54, 1.807) is 0 Å². The van der Waals surface area contributed by atoms with Crippen molar-refractivity contribution in [2.24, 2.45) is 10.4 Å². The molecule has 138 valence electrons. The molecule has 1 aromatic carbocycles. The third-order valence-corrected chi connectivity index (χ3v) is 4.45. The van der Waals surface area contributed by atoms with Gasteiger partial charge in [0.25, 0.3) is 0 Å². The Morgan fingerprint density at radius 1 is 1.08 bits per heavy atom. The van der Waals surface area contributed by atoms with Crippen molar-refractivity contribution < 1.29 is 0 Å². The van der Waals surface area contributed by atoms with Crippen LogP contribution in [-0.4, -0.2) is 16.4 Å². The van der Waals surface area contributed by atoms with Crippen LogP contribution in [0.3, 0.4) is 0 Å². The smallest absolute Gasteiger partial charge is 0.123 e. The van der Waals surface area contributed by atoms with Crippen LogP contribution in [-0.2, 0) is 6.54 Å². The summed E-state index contributed by atoms with van der Waals surface area (Å²) in [6, 6.07) is 12.5. The predicted octanol–water partition coefficient (Wildman–Crippen LogP) is 4.95. The van der Waals surface area contributed by atoms with Gasteiger partial charge in [0.15, 0.2) is 0 Å². The van der Waals surface area contributed by atoms with E-state index in [0.717, 1.165) is 30.1 Å². The molecule has 2 N–H and O–H groups in total. The Labute approximate surface area is 157 Å². The second kappa shape index (κ2) is 7.20. The van der Waals surface area contributed by atoms with Crippen molar-refractivity contribution >= 4 is 11.5 Å². The maximum Gasteiger partial charge on any atom is 0.123 e. The number of anilines is 1. The van der Waals surface area contributed by atoms with Crippen LogP contribution in [0.5, 0.6) is 0 Å². The van der Waals surface area contributed by atoms with E-state index in [9.17, 15) is 0 Å². The highest BCUT2D eigenvalue weighted by atomic mass is 15.1. The van der Waals surface area contributed by atoms with Gasteiger partial charge < -0.3 is 5.32 Å². The highest BCUT2D eigenvalue weighted by molar-refractivity contribution is 6.01. The molecule has 0 bridgehead atoms. The Kier molecular flexibility index (Phi) is 5.15. The molecule has 3 rings (SSSR count). The number of hydrogen-bond donors (Lipinski definition) is 2. The van der Waals surface area contributed by atoms with Gasteiger partial charge in [-0.25, -0.2) is 0 Å². The van der Waals surface area contributed by atoms with Gasteiger partial charge in [-0.15, -0.1) is 0 Å². The van der Waals surface area contributed by atoms with Crippen LogP contribution in [0.2, 0.25) is 0 Å². The van der Waals surface area contributed by atoms with Gasteiger partial charge in [-0.2, -0.15) is 0 Å². The van der Waals surface area contributed by atoms with Crippen LogP contribution < -0.4 is 10.6 Å². The molecule has 0 fully saturated rings. The van der Waals surface area contributed by atoms with Crippen molar-refractivity contribution in [3.63, 3.8) is 0 Å². The topological polar surface area (TPSA) is 49.3 Å². The number of rotatable bonds is 3. The van der Waals surface area contributed by atoms with Gasteiger partial charge >= 0.3 is 0 Å². The van der Waals surface area contributed by atoms with Crippen molar-refractivity contribution in [3.05, 3.63) is 59.9 Å². The van der Waals surface area contributed by atoms with Crippen molar-refractivity contribution in [1.82, 2.24) is 10.3 Å². The predicted molar refractivity (Wildman–Crippen MR) is 109 cm³/mol. The molecule has 0 saturated heterocycles. The number of hydrogen-bond acceptors (Lipinski definition) is 3. The summed E-state index contributed by atoms with van der Waals surface area (Å²) in [6.45, 7) is 12.0. The molecule has 0 saturated carbocycles. The van der Waals surface area contributed by atoms with E-state index in [1.165, 1.54) is 5.56 Å². The van der Waals surface area contributed by atoms with Crippen LogP contribution in [0.1, 0.15) is 58.2 Å². The van der Waals surface area contributed by atoms with Crippen LogP contribution >= 0.6 is 0 Å². The number of benzene rings is 1. The summed E-state index contributed by atoms with van der Waals surface area (Å²) in [7, 11) is 0. The van der Waals surface area contributed by atoms with E-state index in [0.29, 0.717) is 0 Å². The monoisotopic (exact) mass is 350 g/mol. The van der Waals surface area contributed by atoms with Crippen molar-refractivity contribution in [2.45, 2.75) is 59.2 Å². The number of amidine groups is 1. The minimum Gasteiger partial charge on any atom is -0.342 e. The number of aliphatic imine (C=N–C) groups is 1. The summed E-state index contributed by atoms with van der Waals surface area (Å²) in [4.78, 5) is 9.49. The number of nitrogens with one attached hydrogen (secondary N) is 2. The molecular weight excluding hydrogens is 320 g/mol. The highest BCUT2D eigenvalue weighted by Crippen LogP contribution is 2.32. The van der Waals surface area contributed by atoms with Crippen molar-refractivity contribution in [1.29, 1.82) is 0 Å². The third-order valence-electron chi connectivity index (χ3n) is 4.45. The van der Waals surface area contributed by atoms with Gasteiger partial charge in [-0.05, 0) is 48.9 Å². The molecule has 0 aliphatic carbocycles. The van der Waals surface area contributed by atoms with E-state index in [1.807, 2.05) is 18.5 Å². The SMILES string of the molecule is CC(C)(C)CC(C)(C)N=C1Nc2ccccc2CNC1c1cccnc1. The van der Waals surface area contributed by atoms with E-state index in [2.05, 4.69) is 80.6 Å². The van der Waals surface area contributed by atoms with Gasteiger partial charge in [-0.1, -0.05) is 45.0 Å². The first-order chi connectivity index (χ1) is 12.2. The summed E-state index contributed by atoms with van der Waals surface area (Å²) in [5, 5.41) is 7.27. The normalized spacial score (nSPS) is 19.6. The summed E-state index contributed by atoms with van der Waals surface area (Å²) in [5.41, 5.74) is 3.55. The average molecular weight is 351 g/mol. The maximum atomic E-state index is 5.19. The minimum atomic E-state index is -0.165. The molecule has 1 aromatic heterocycles. The van der Waals surface area contributed by atoms with Gasteiger partial charge in [0.05, 0.1) is 11.6 Å². The molecule has 26 heavy (non-hydrogen) atoms. The Bertz CT molecular complexity index is 772. The fraction of sp³-hybridized carbons (Fsp3) is 0.455. The molecule has 1 unspecified atom stereocenters. The van der Waals surface area contributed by atoms with Crippen LogP contribution in [0.15, 0.2) is 53.8 Å². The highest BCUT2D eigenvalue weighted by Gasteiger charge is 2.29. The number of pyridine rings is 1. The lowest BCUT2D eigenvalue weighted by atomic mass is 9.82. The second-order valence-electron chi connectivity index (χ2n) is 8.93. The third kappa shape index (κ3) is 4.70. The Morgan fingerprint density at radius 2 is 1.85 bits per heavy atom. The summed E-state index contributed by atoms with van der Waals surface area (Å²) in [5.74, 6) is 0.956. The molecule has 0 spiro atoms. The first-order valence-corrected chi connectivity index (χ1v) is 9.32. The zero-order valence-corrected chi connectivity index (χ0v) is 16.5. The standard InChI is InChI=1S/C22H30N4/c1-21(2,3)15-22(4,5)26-20-19(17-10-8-12-23-13-17)24-14-16-9-6-7-11-18(16)25-20/h6-13,19,24H,14-15H2,1-5H3,(H,25,26). The molecular formula is C22H30N4. The quantitative estimate of drug-likeness (QED) is 0.823. The Balaban J connectivity index is 2.01. The van der Waals surface area contributed by atoms with E-state index >= 15 is 0 Å². The number of para-hydroxylation sites is 1. The second-order valence-corrected chi connectivity index (χ2v) is 8.93. The molecule has 0 amide bonds. The summed E-state index contributed by atoms with van der Waals surface area (Å²) < 4.78 is 0. The molecule has 1 atom stereocenters. The lowest BCUT2D eigenvalue weighted by Gasteiger charge is -2.31. The van der Waals surface area contributed by atoms with Gasteiger partial charge in [0.2, 0.25) is 0 Å². The molecule has 2 aromatic rings. The van der Waals surface area contributed by atoms with Crippen molar-refractivity contribution in [3.8, 4) is 0 Å². The maximum absolute atomic E-state index is 5.19. The Morgan fingerprint density at radius 3 is 2.54 bits per heavy atom. The number of fused-ring (bicyclic) bond motifs is 1. The zero-order chi connectivity index (χ0) is 18.8. The summed E-state index contributed by atoms with van der Waals surface area (Å²) >= 11 is 0. The average Bonchev–Trinajstić information content (AvgIpc) is 2.72. The molecule has 1 aliphatic heterocycles. The van der Waals surface area contributed by atoms with Crippen LogP contribution in [0.4, 0.5) is 5.69 Å². The van der Waals surface area contributed by atoms with Crippen LogP contribution in [0, 0.1) is 5.41 Å². The van der Waals surface area contributed by atoms with Crippen molar-refractivity contribution in [2.75, 3.05) is 5.32 Å². The van der Waals surface area contributed by atoms with Gasteiger partial charge in [-0.3, -0.25) is 15.3 Å². The molecule has 2 heterocycles. The van der Waals surface area contributed by atoms with Gasteiger partial charge in [0.1, 0.15) is 5.84 Å². The number of nitrogens with zero attached hydrogens (tertiary/aromatic N) is 2. The van der Waals surface area contributed by atoms with E-state index in [-0.39, 0.29) is 17.0 Å². The van der Waals surface area contributed by atoms with Crippen LogP contribution in [0.25, 0.3) is 0 Å². The lowest BCUT2D eigenvalue weighted by Crippen LogP contribution is -2.34. The lowest BCUT2D eigenvalue weighted by molar-refractivity contribution is 0.287. The first-order valence-electron chi connectivity index (χ1n) is 9.32. The minimum absolute atomic E-state index is 0.00431. The molecule has 4 nitrogen and oxygen atoms in total. The Hall–Kier alpha value is -2.20. The molecule has 4 heteroatoms. The summed E-state index contributed by atoms with van der Waals surface area (Å²) in [6.07, 6.45) is 4.73. The molecule has 0 radical (unpaired) electrons. The zero-order valence-electron chi connectivity index (χ0n) is 16.5. The largest absolute Gasteiger partial charge is 0.342 e. The van der Waals surface area contributed by atoms with Gasteiger partial charge in [0, 0.05) is 24.6 Å².